The topological polar surface area (TPSA) is 88.8 Å². The van der Waals surface area contributed by atoms with Crippen molar-refractivity contribution in [2.45, 2.75) is 48.2 Å². The Morgan fingerprint density at radius 2 is 2.04 bits per heavy atom. The van der Waals surface area contributed by atoms with Gasteiger partial charge < -0.3 is 19.6 Å². The number of carboxylic acid groups (broad SMARTS) is 1. The van der Waals surface area contributed by atoms with E-state index in [1.165, 1.54) is 24.1 Å². The van der Waals surface area contributed by atoms with Crippen LogP contribution in [-0.2, 0) is 10.5 Å². The Balaban J connectivity index is 1.45. The zero-order chi connectivity index (χ0) is 18.1. The van der Waals surface area contributed by atoms with Crippen LogP contribution in [-0.4, -0.2) is 35.2 Å². The van der Waals surface area contributed by atoms with Gasteiger partial charge in [-0.25, -0.2) is 4.79 Å². The zero-order valence-electron chi connectivity index (χ0n) is 14.0. The molecule has 6 nitrogen and oxygen atoms in total. The minimum atomic E-state index is -1.02. The molecule has 0 saturated carbocycles. The Morgan fingerprint density at radius 1 is 1.19 bits per heavy atom. The highest BCUT2D eigenvalue weighted by atomic mass is 32.2. The SMILES string of the molecule is O=C(N[C@@H]1C[C@H]2CC[C@@H]1O2)c1ccccc1SCc1occc1C(=O)O. The van der Waals surface area contributed by atoms with E-state index in [4.69, 9.17) is 14.3 Å². The van der Waals surface area contributed by atoms with Gasteiger partial charge in [-0.15, -0.1) is 11.8 Å². The van der Waals surface area contributed by atoms with Crippen LogP contribution in [0.2, 0.25) is 0 Å². The zero-order valence-corrected chi connectivity index (χ0v) is 14.8. The standard InChI is InChI=1S/C19H19NO5S/c21-18(20-14-9-11-5-6-15(14)25-11)13-3-1-2-4-17(13)26-10-16-12(19(22)23)7-8-24-16/h1-4,7-8,11,14-15H,5-6,9-10H2,(H,20,21)(H,22,23)/t11-,14-,15+/m1/s1. The predicted molar refractivity (Wildman–Crippen MR) is 95.4 cm³/mol. The molecule has 2 aliphatic rings. The number of carbonyl (C=O) groups is 2. The molecule has 1 aromatic heterocycles. The summed E-state index contributed by atoms with van der Waals surface area (Å²) in [5.41, 5.74) is 0.738. The number of furan rings is 1. The lowest BCUT2D eigenvalue weighted by Gasteiger charge is -2.20. The van der Waals surface area contributed by atoms with Gasteiger partial charge in [0.15, 0.2) is 0 Å². The van der Waals surface area contributed by atoms with Gasteiger partial charge in [0.25, 0.3) is 5.91 Å². The van der Waals surface area contributed by atoms with Gasteiger partial charge in [0.05, 0.1) is 35.8 Å². The third kappa shape index (κ3) is 3.37. The number of aromatic carboxylic acids is 1. The fourth-order valence-corrected chi connectivity index (χ4v) is 4.60. The van der Waals surface area contributed by atoms with E-state index in [-0.39, 0.29) is 29.7 Å². The van der Waals surface area contributed by atoms with Crippen molar-refractivity contribution >= 4 is 23.6 Å². The largest absolute Gasteiger partial charge is 0.478 e. The molecule has 7 heteroatoms. The third-order valence-electron chi connectivity index (χ3n) is 4.89. The second-order valence-electron chi connectivity index (χ2n) is 6.54. The van der Waals surface area contributed by atoms with Gasteiger partial charge in [-0.05, 0) is 37.5 Å². The Kier molecular flexibility index (Phi) is 4.74. The number of thioether (sulfide) groups is 1. The van der Waals surface area contributed by atoms with Crippen LogP contribution in [0.15, 0.2) is 45.9 Å². The van der Waals surface area contributed by atoms with Crippen LogP contribution in [0.4, 0.5) is 0 Å². The molecule has 3 heterocycles. The molecular formula is C19H19NO5S. The molecule has 0 radical (unpaired) electrons. The van der Waals surface area contributed by atoms with Crippen LogP contribution in [0.3, 0.4) is 0 Å². The minimum absolute atomic E-state index is 0.0722. The molecule has 2 fully saturated rings. The van der Waals surface area contributed by atoms with Crippen LogP contribution in [0, 0.1) is 0 Å². The number of benzene rings is 1. The number of carboxylic acids is 1. The molecule has 0 aliphatic carbocycles. The average Bonchev–Trinajstić information content (AvgIpc) is 3.36. The van der Waals surface area contributed by atoms with Crippen molar-refractivity contribution in [3.8, 4) is 0 Å². The van der Waals surface area contributed by atoms with Crippen molar-refractivity contribution in [2.24, 2.45) is 0 Å². The molecule has 2 bridgehead atoms. The van der Waals surface area contributed by atoms with Gasteiger partial charge in [0.2, 0.25) is 0 Å². The second kappa shape index (κ2) is 7.17. The Bertz CT molecular complexity index is 833. The molecule has 0 spiro atoms. The lowest BCUT2D eigenvalue weighted by molar-refractivity contribution is 0.0694. The van der Waals surface area contributed by atoms with E-state index in [2.05, 4.69) is 5.32 Å². The molecule has 0 unspecified atom stereocenters. The number of hydrogen-bond acceptors (Lipinski definition) is 5. The Morgan fingerprint density at radius 3 is 2.77 bits per heavy atom. The maximum absolute atomic E-state index is 12.7. The molecule has 2 aliphatic heterocycles. The van der Waals surface area contributed by atoms with Gasteiger partial charge >= 0.3 is 5.97 Å². The summed E-state index contributed by atoms with van der Waals surface area (Å²) in [6.07, 6.45) is 4.74. The van der Waals surface area contributed by atoms with E-state index in [0.29, 0.717) is 17.1 Å². The Hall–Kier alpha value is -2.25. The summed E-state index contributed by atoms with van der Waals surface area (Å²) in [5, 5.41) is 12.3. The van der Waals surface area contributed by atoms with Crippen molar-refractivity contribution in [3.05, 3.63) is 53.5 Å². The maximum Gasteiger partial charge on any atom is 0.339 e. The molecule has 2 aromatic rings. The highest BCUT2D eigenvalue weighted by Gasteiger charge is 2.41. The van der Waals surface area contributed by atoms with Gasteiger partial charge in [-0.1, -0.05) is 12.1 Å². The van der Waals surface area contributed by atoms with Gasteiger partial charge in [-0.3, -0.25) is 4.79 Å². The summed E-state index contributed by atoms with van der Waals surface area (Å²) in [6, 6.07) is 8.84. The van der Waals surface area contributed by atoms with Gasteiger partial charge in [0.1, 0.15) is 11.3 Å². The third-order valence-corrected chi connectivity index (χ3v) is 5.96. The first kappa shape index (κ1) is 17.2. The van der Waals surface area contributed by atoms with Gasteiger partial charge in [-0.2, -0.15) is 0 Å². The van der Waals surface area contributed by atoms with E-state index in [9.17, 15) is 9.59 Å². The van der Waals surface area contributed by atoms with Crippen LogP contribution >= 0.6 is 11.8 Å². The number of ether oxygens (including phenoxy) is 1. The van der Waals surface area contributed by atoms with Crippen molar-refractivity contribution in [3.63, 3.8) is 0 Å². The fraction of sp³-hybridized carbons (Fsp3) is 0.368. The first-order valence-corrected chi connectivity index (χ1v) is 9.58. The summed E-state index contributed by atoms with van der Waals surface area (Å²) in [6.45, 7) is 0. The molecule has 136 valence electrons. The van der Waals surface area contributed by atoms with Crippen molar-refractivity contribution in [2.75, 3.05) is 0 Å². The summed E-state index contributed by atoms with van der Waals surface area (Å²) in [5.74, 6) is -0.404. The number of carbonyl (C=O) groups excluding carboxylic acids is 1. The van der Waals surface area contributed by atoms with Crippen molar-refractivity contribution in [1.29, 1.82) is 0 Å². The van der Waals surface area contributed by atoms with Crippen molar-refractivity contribution in [1.82, 2.24) is 5.32 Å². The molecule has 2 saturated heterocycles. The first-order chi connectivity index (χ1) is 12.6. The number of nitrogens with one attached hydrogen (secondary N) is 1. The summed E-state index contributed by atoms with van der Waals surface area (Å²) in [7, 11) is 0. The number of hydrogen-bond donors (Lipinski definition) is 2. The molecular weight excluding hydrogens is 354 g/mol. The highest BCUT2D eigenvalue weighted by molar-refractivity contribution is 7.98. The van der Waals surface area contributed by atoms with Crippen LogP contribution in [0.5, 0.6) is 0 Å². The fourth-order valence-electron chi connectivity index (χ4n) is 3.60. The average molecular weight is 373 g/mol. The monoisotopic (exact) mass is 373 g/mol. The molecule has 1 aromatic carbocycles. The van der Waals surface area contributed by atoms with Crippen LogP contribution < -0.4 is 5.32 Å². The van der Waals surface area contributed by atoms with E-state index >= 15 is 0 Å². The number of fused-ring (bicyclic) bond motifs is 2. The molecule has 1 amide bonds. The predicted octanol–water partition coefficient (Wildman–Crippen LogP) is 3.32. The summed E-state index contributed by atoms with van der Waals surface area (Å²) < 4.78 is 11.1. The smallest absolute Gasteiger partial charge is 0.339 e. The van der Waals surface area contributed by atoms with E-state index in [0.717, 1.165) is 24.2 Å². The molecule has 4 rings (SSSR count). The quantitative estimate of drug-likeness (QED) is 0.755. The normalized spacial score (nSPS) is 23.9. The van der Waals surface area contributed by atoms with Crippen LogP contribution in [0.1, 0.15) is 45.7 Å². The molecule has 2 N–H and O–H groups in total. The van der Waals surface area contributed by atoms with E-state index in [1.807, 2.05) is 18.2 Å². The maximum atomic E-state index is 12.7. The lowest BCUT2D eigenvalue weighted by atomic mass is 9.95. The second-order valence-corrected chi connectivity index (χ2v) is 7.55. The number of amides is 1. The first-order valence-electron chi connectivity index (χ1n) is 8.59. The molecule has 26 heavy (non-hydrogen) atoms. The molecule has 3 atom stereocenters. The summed E-state index contributed by atoms with van der Waals surface area (Å²) in [4.78, 5) is 24.7. The lowest BCUT2D eigenvalue weighted by Crippen LogP contribution is -2.41. The summed E-state index contributed by atoms with van der Waals surface area (Å²) >= 11 is 1.39. The van der Waals surface area contributed by atoms with Gasteiger partial charge in [0, 0.05) is 4.90 Å². The Labute approximate surface area is 154 Å². The van der Waals surface area contributed by atoms with E-state index < -0.39 is 5.97 Å². The van der Waals surface area contributed by atoms with Crippen LogP contribution in [0.25, 0.3) is 0 Å². The van der Waals surface area contributed by atoms with E-state index in [1.54, 1.807) is 6.07 Å². The highest BCUT2D eigenvalue weighted by Crippen LogP contribution is 2.35. The van der Waals surface area contributed by atoms with Crippen molar-refractivity contribution < 1.29 is 23.8 Å². The minimum Gasteiger partial charge on any atom is -0.478 e. The number of rotatable bonds is 6.